The largest absolute Gasteiger partial charge is 0.376 e. The lowest BCUT2D eigenvalue weighted by Gasteiger charge is -2.24. The fraction of sp³-hybridized carbons (Fsp3) is 0.611. The van der Waals surface area contributed by atoms with Crippen molar-refractivity contribution >= 4 is 5.91 Å². The van der Waals surface area contributed by atoms with Crippen LogP contribution in [-0.4, -0.2) is 62.3 Å². The van der Waals surface area contributed by atoms with Crippen molar-refractivity contribution in [2.45, 2.75) is 51.0 Å². The first kappa shape index (κ1) is 17.1. The van der Waals surface area contributed by atoms with E-state index in [2.05, 4.69) is 25.1 Å². The Bertz CT molecular complexity index is 816. The van der Waals surface area contributed by atoms with Gasteiger partial charge < -0.3 is 9.64 Å². The number of aromatic amines is 1. The smallest absolute Gasteiger partial charge is 0.257 e. The van der Waals surface area contributed by atoms with E-state index >= 15 is 0 Å². The van der Waals surface area contributed by atoms with Gasteiger partial charge in [0.2, 0.25) is 0 Å². The van der Waals surface area contributed by atoms with Gasteiger partial charge in [-0.3, -0.25) is 9.89 Å². The quantitative estimate of drug-likeness (QED) is 0.876. The highest BCUT2D eigenvalue weighted by atomic mass is 16.5. The van der Waals surface area contributed by atoms with E-state index in [1.807, 2.05) is 13.8 Å². The topological polar surface area (TPSA) is 96.9 Å². The predicted molar refractivity (Wildman–Crippen MR) is 93.9 cm³/mol. The Morgan fingerprint density at radius 2 is 2.12 bits per heavy atom. The molecule has 8 heteroatoms. The number of hydrogen-bond donors (Lipinski definition) is 1. The molecule has 3 heterocycles. The van der Waals surface area contributed by atoms with Gasteiger partial charge in [0.15, 0.2) is 5.82 Å². The summed E-state index contributed by atoms with van der Waals surface area (Å²) in [5, 5.41) is 7.16. The van der Waals surface area contributed by atoms with Gasteiger partial charge >= 0.3 is 0 Å². The van der Waals surface area contributed by atoms with Crippen molar-refractivity contribution < 1.29 is 9.53 Å². The molecule has 0 aromatic carbocycles. The van der Waals surface area contributed by atoms with E-state index in [4.69, 9.17) is 4.74 Å². The number of rotatable bonds is 5. The number of aromatic nitrogens is 5. The average Bonchev–Trinajstić information content (AvgIpc) is 3.23. The molecular formula is C18H24N6O2. The van der Waals surface area contributed by atoms with Gasteiger partial charge in [-0.1, -0.05) is 0 Å². The summed E-state index contributed by atoms with van der Waals surface area (Å²) in [6.07, 6.45) is 4.62. The number of carbonyl (C=O) groups excluding carboxylic acids is 1. The van der Waals surface area contributed by atoms with Crippen LogP contribution in [0.2, 0.25) is 0 Å². The van der Waals surface area contributed by atoms with Crippen molar-refractivity contribution in [1.82, 2.24) is 30.0 Å². The second-order valence-electron chi connectivity index (χ2n) is 7.26. The zero-order valence-corrected chi connectivity index (χ0v) is 15.4. The average molecular weight is 356 g/mol. The number of aryl methyl sites for hydroxylation is 2. The molecule has 0 bridgehead atoms. The monoisotopic (exact) mass is 356 g/mol. The number of nitrogens with one attached hydrogen (secondary N) is 1. The highest BCUT2D eigenvalue weighted by Gasteiger charge is 2.36. The molecule has 26 heavy (non-hydrogen) atoms. The first-order chi connectivity index (χ1) is 12.5. The molecule has 2 aromatic rings. The molecule has 1 aliphatic carbocycles. The van der Waals surface area contributed by atoms with Crippen LogP contribution < -0.4 is 0 Å². The molecule has 2 atom stereocenters. The maximum atomic E-state index is 13.0. The van der Waals surface area contributed by atoms with Gasteiger partial charge in [0.25, 0.3) is 5.91 Å². The standard InChI is InChI=1S/C18H24N6O2/c1-10-19-8-14(16(20-10)12-4-5-12)18(25)24(3)9-15-13(6-7-26-15)17-21-11(2)22-23-17/h8,12-13,15H,4-7,9H2,1-3H3,(H,21,22,23)/t13-,15-/m1/s1. The van der Waals surface area contributed by atoms with E-state index < -0.39 is 0 Å². The van der Waals surface area contributed by atoms with E-state index in [1.165, 1.54) is 0 Å². The van der Waals surface area contributed by atoms with E-state index in [0.717, 1.165) is 36.6 Å². The van der Waals surface area contributed by atoms with Crippen molar-refractivity contribution in [1.29, 1.82) is 0 Å². The number of nitrogens with zero attached hydrogens (tertiary/aromatic N) is 5. The second kappa shape index (κ2) is 6.75. The van der Waals surface area contributed by atoms with Crippen LogP contribution in [0.5, 0.6) is 0 Å². The lowest BCUT2D eigenvalue weighted by Crippen LogP contribution is -2.37. The Kier molecular flexibility index (Phi) is 4.44. The Balaban J connectivity index is 1.49. The van der Waals surface area contributed by atoms with Gasteiger partial charge in [-0.15, -0.1) is 0 Å². The van der Waals surface area contributed by atoms with Crippen LogP contribution >= 0.6 is 0 Å². The highest BCUT2D eigenvalue weighted by molar-refractivity contribution is 5.95. The summed E-state index contributed by atoms with van der Waals surface area (Å²) in [5.74, 6) is 2.73. The van der Waals surface area contributed by atoms with Crippen LogP contribution in [0.3, 0.4) is 0 Å². The van der Waals surface area contributed by atoms with Crippen LogP contribution in [0.4, 0.5) is 0 Å². The van der Waals surface area contributed by atoms with Gasteiger partial charge in [-0.25, -0.2) is 15.0 Å². The van der Waals surface area contributed by atoms with Crippen molar-refractivity contribution in [2.75, 3.05) is 20.2 Å². The molecule has 4 rings (SSSR count). The van der Waals surface area contributed by atoms with Gasteiger partial charge in [0, 0.05) is 32.3 Å². The first-order valence-corrected chi connectivity index (χ1v) is 9.12. The molecule has 0 radical (unpaired) electrons. The van der Waals surface area contributed by atoms with Crippen LogP contribution in [0.1, 0.15) is 64.6 Å². The first-order valence-electron chi connectivity index (χ1n) is 9.12. The zero-order chi connectivity index (χ0) is 18.3. The molecular weight excluding hydrogens is 332 g/mol. The summed E-state index contributed by atoms with van der Waals surface area (Å²) < 4.78 is 5.88. The number of ether oxygens (including phenoxy) is 1. The molecule has 1 N–H and O–H groups in total. The second-order valence-corrected chi connectivity index (χ2v) is 7.26. The Hall–Kier alpha value is -2.35. The van der Waals surface area contributed by atoms with E-state index in [9.17, 15) is 4.79 Å². The van der Waals surface area contributed by atoms with E-state index in [-0.39, 0.29) is 17.9 Å². The van der Waals surface area contributed by atoms with Gasteiger partial charge in [0.05, 0.1) is 23.3 Å². The van der Waals surface area contributed by atoms with Crippen LogP contribution in [-0.2, 0) is 4.74 Å². The lowest BCUT2D eigenvalue weighted by molar-refractivity contribution is 0.0548. The summed E-state index contributed by atoms with van der Waals surface area (Å²) in [5.41, 5.74) is 1.51. The molecule has 1 aliphatic heterocycles. The predicted octanol–water partition coefficient (Wildman–Crippen LogP) is 1.73. The molecule has 0 spiro atoms. The van der Waals surface area contributed by atoms with Crippen molar-refractivity contribution in [3.8, 4) is 0 Å². The molecule has 0 unspecified atom stereocenters. The fourth-order valence-corrected chi connectivity index (χ4v) is 3.53. The SMILES string of the molecule is Cc1ncc(C(=O)N(C)C[C@H]2OCC[C@H]2c2n[nH]c(C)n2)c(C2CC2)n1. The molecule has 8 nitrogen and oxygen atoms in total. The molecule has 2 aromatic heterocycles. The minimum atomic E-state index is -0.102. The van der Waals surface area contributed by atoms with Gasteiger partial charge in [0.1, 0.15) is 11.6 Å². The van der Waals surface area contributed by atoms with E-state index in [1.54, 1.807) is 18.1 Å². The molecule has 1 amide bonds. The minimum absolute atomic E-state index is 0.0488. The summed E-state index contributed by atoms with van der Waals surface area (Å²) in [4.78, 5) is 27.9. The summed E-state index contributed by atoms with van der Waals surface area (Å²) in [7, 11) is 1.81. The van der Waals surface area contributed by atoms with Gasteiger partial charge in [-0.05, 0) is 33.1 Å². The van der Waals surface area contributed by atoms with Crippen molar-refractivity contribution in [3.63, 3.8) is 0 Å². The third kappa shape index (κ3) is 3.33. The third-order valence-electron chi connectivity index (χ3n) is 5.09. The van der Waals surface area contributed by atoms with Crippen LogP contribution in [0, 0.1) is 13.8 Å². The van der Waals surface area contributed by atoms with Crippen LogP contribution in [0.25, 0.3) is 0 Å². The lowest BCUT2D eigenvalue weighted by atomic mass is 10.00. The van der Waals surface area contributed by atoms with Gasteiger partial charge in [-0.2, -0.15) is 5.10 Å². The normalized spacial score (nSPS) is 22.6. The summed E-state index contributed by atoms with van der Waals surface area (Å²) in [6.45, 7) is 4.90. The number of H-pyrrole nitrogens is 1. The molecule has 138 valence electrons. The Morgan fingerprint density at radius 1 is 1.31 bits per heavy atom. The minimum Gasteiger partial charge on any atom is -0.376 e. The number of likely N-dealkylation sites (N-methyl/N-ethyl adjacent to an activating group) is 1. The van der Waals surface area contributed by atoms with Crippen molar-refractivity contribution in [2.24, 2.45) is 0 Å². The zero-order valence-electron chi connectivity index (χ0n) is 15.4. The molecule has 2 fully saturated rings. The summed E-state index contributed by atoms with van der Waals surface area (Å²) in [6, 6.07) is 0. The number of amides is 1. The molecule has 2 aliphatic rings. The third-order valence-corrected chi connectivity index (χ3v) is 5.09. The number of carbonyl (C=O) groups is 1. The fourth-order valence-electron chi connectivity index (χ4n) is 3.53. The maximum Gasteiger partial charge on any atom is 0.257 e. The maximum absolute atomic E-state index is 13.0. The molecule has 1 saturated carbocycles. The number of hydrogen-bond acceptors (Lipinski definition) is 6. The van der Waals surface area contributed by atoms with Crippen molar-refractivity contribution in [3.05, 3.63) is 34.9 Å². The van der Waals surface area contributed by atoms with Crippen LogP contribution in [0.15, 0.2) is 6.20 Å². The Morgan fingerprint density at radius 3 is 2.81 bits per heavy atom. The molecule has 1 saturated heterocycles. The van der Waals surface area contributed by atoms with E-state index in [0.29, 0.717) is 30.5 Å². The Labute approximate surface area is 152 Å². The highest BCUT2D eigenvalue weighted by Crippen LogP contribution is 2.40. The summed E-state index contributed by atoms with van der Waals surface area (Å²) >= 11 is 0.